The van der Waals surface area contributed by atoms with Crippen LogP contribution in [-0.4, -0.2) is 21.5 Å². The van der Waals surface area contributed by atoms with Gasteiger partial charge < -0.3 is 0 Å². The van der Waals surface area contributed by atoms with Crippen LogP contribution in [0.25, 0.3) is 0 Å². The maximum Gasteiger partial charge on any atom is 0.277 e. The molecule has 1 aliphatic rings. The summed E-state index contributed by atoms with van der Waals surface area (Å²) in [6.07, 6.45) is 1.87. The van der Waals surface area contributed by atoms with Crippen molar-refractivity contribution in [3.05, 3.63) is 0 Å². The molecule has 0 aromatic rings. The van der Waals surface area contributed by atoms with Gasteiger partial charge in [0.15, 0.2) is 0 Å². The zero-order valence-electron chi connectivity index (χ0n) is 6.74. The maximum absolute atomic E-state index is 10.9. The van der Waals surface area contributed by atoms with Crippen molar-refractivity contribution < 1.29 is 8.42 Å². The summed E-state index contributed by atoms with van der Waals surface area (Å²) in [6, 6.07) is 1.36. The number of rotatable bonds is 4. The molecule has 0 radical (unpaired) electrons. The summed E-state index contributed by atoms with van der Waals surface area (Å²) in [7, 11) is -2.15. The zero-order chi connectivity index (χ0) is 9.19. The van der Waals surface area contributed by atoms with E-state index in [9.17, 15) is 8.42 Å². The maximum atomic E-state index is 10.9. The molecular weight excluding hydrogens is 178 g/mol. The lowest BCUT2D eigenvalue weighted by Crippen LogP contribution is -2.41. The molecule has 0 heterocycles. The first-order valence-corrected chi connectivity index (χ1v) is 5.18. The second-order valence-electron chi connectivity index (χ2n) is 2.77. The summed E-state index contributed by atoms with van der Waals surface area (Å²) < 4.78 is 26.2. The lowest BCUT2D eigenvalue weighted by molar-refractivity contribution is 0.552. The van der Waals surface area contributed by atoms with Crippen molar-refractivity contribution in [2.75, 3.05) is 7.05 Å². The summed E-state index contributed by atoms with van der Waals surface area (Å²) in [5.41, 5.74) is 0. The van der Waals surface area contributed by atoms with Gasteiger partial charge in [0.25, 0.3) is 10.2 Å². The molecule has 1 aliphatic carbocycles. The Balaban J connectivity index is 2.54. The molecule has 1 unspecified atom stereocenters. The molecule has 6 heteroatoms. The molecule has 0 saturated heterocycles. The number of nitriles is 1. The minimum absolute atomic E-state index is 0.207. The molecule has 0 aromatic heterocycles. The quantitative estimate of drug-likeness (QED) is 0.616. The Hall–Kier alpha value is -0.640. The van der Waals surface area contributed by atoms with Crippen molar-refractivity contribution in [3.8, 4) is 6.07 Å². The van der Waals surface area contributed by atoms with Crippen LogP contribution in [0.2, 0.25) is 0 Å². The van der Waals surface area contributed by atoms with Gasteiger partial charge in [0.2, 0.25) is 0 Å². The van der Waals surface area contributed by atoms with Crippen LogP contribution in [0.4, 0.5) is 0 Å². The van der Waals surface area contributed by atoms with E-state index in [0.29, 0.717) is 0 Å². The van der Waals surface area contributed by atoms with Gasteiger partial charge in [0.05, 0.1) is 6.07 Å². The molecule has 5 nitrogen and oxygen atoms in total. The molecule has 1 fully saturated rings. The lowest BCUT2D eigenvalue weighted by atomic mass is 10.2. The van der Waals surface area contributed by atoms with E-state index < -0.39 is 16.3 Å². The van der Waals surface area contributed by atoms with E-state index in [-0.39, 0.29) is 5.92 Å². The second kappa shape index (κ2) is 3.39. The Labute approximate surface area is 71.9 Å². The molecule has 68 valence electrons. The summed E-state index contributed by atoms with van der Waals surface area (Å²) in [4.78, 5) is 0. The Morgan fingerprint density at radius 3 is 2.50 bits per heavy atom. The van der Waals surface area contributed by atoms with E-state index in [1.165, 1.54) is 7.05 Å². The topological polar surface area (TPSA) is 82.0 Å². The van der Waals surface area contributed by atoms with E-state index in [1.807, 2.05) is 6.07 Å². The van der Waals surface area contributed by atoms with Gasteiger partial charge in [-0.15, -0.1) is 0 Å². The largest absolute Gasteiger partial charge is 0.277 e. The van der Waals surface area contributed by atoms with Gasteiger partial charge >= 0.3 is 0 Å². The molecule has 1 rings (SSSR count). The molecule has 1 atom stereocenters. The van der Waals surface area contributed by atoms with Gasteiger partial charge in [-0.2, -0.15) is 18.4 Å². The highest BCUT2D eigenvalue weighted by Gasteiger charge is 2.33. The van der Waals surface area contributed by atoms with Crippen molar-refractivity contribution in [1.29, 1.82) is 5.26 Å². The van der Waals surface area contributed by atoms with Crippen LogP contribution in [0, 0.1) is 17.2 Å². The Kier molecular flexibility index (Phi) is 2.67. The molecule has 0 bridgehead atoms. The minimum Gasteiger partial charge on any atom is -0.205 e. The van der Waals surface area contributed by atoms with Gasteiger partial charge in [-0.25, -0.2) is 4.72 Å². The predicted octanol–water partition coefficient (Wildman–Crippen LogP) is -0.658. The number of hydrogen-bond acceptors (Lipinski definition) is 3. The highest BCUT2D eigenvalue weighted by molar-refractivity contribution is 7.87. The van der Waals surface area contributed by atoms with Gasteiger partial charge in [0.1, 0.15) is 6.04 Å². The SMILES string of the molecule is CNS(=O)(=O)NC(C#N)C1CC1. The first kappa shape index (κ1) is 9.45. The Morgan fingerprint density at radius 1 is 1.58 bits per heavy atom. The van der Waals surface area contributed by atoms with Crippen LogP contribution in [0.1, 0.15) is 12.8 Å². The molecule has 12 heavy (non-hydrogen) atoms. The fraction of sp³-hybridized carbons (Fsp3) is 0.833. The fourth-order valence-corrected chi connectivity index (χ4v) is 1.58. The molecule has 0 aromatic carbocycles. The first-order valence-electron chi connectivity index (χ1n) is 3.69. The Bertz CT molecular complexity index is 288. The summed E-state index contributed by atoms with van der Waals surface area (Å²) in [6.45, 7) is 0. The van der Waals surface area contributed by atoms with Crippen molar-refractivity contribution in [2.24, 2.45) is 5.92 Å². The third kappa shape index (κ3) is 2.44. The predicted molar refractivity (Wildman–Crippen MR) is 43.2 cm³/mol. The van der Waals surface area contributed by atoms with Crippen LogP contribution < -0.4 is 9.44 Å². The van der Waals surface area contributed by atoms with E-state index in [0.717, 1.165) is 12.8 Å². The van der Waals surface area contributed by atoms with Crippen molar-refractivity contribution in [1.82, 2.24) is 9.44 Å². The third-order valence-electron chi connectivity index (χ3n) is 1.78. The van der Waals surface area contributed by atoms with Crippen LogP contribution in [0.5, 0.6) is 0 Å². The minimum atomic E-state index is -3.46. The van der Waals surface area contributed by atoms with Gasteiger partial charge in [0, 0.05) is 7.05 Å². The van der Waals surface area contributed by atoms with Gasteiger partial charge in [-0.3, -0.25) is 0 Å². The first-order chi connectivity index (χ1) is 5.59. The Morgan fingerprint density at radius 2 is 2.17 bits per heavy atom. The molecule has 0 aliphatic heterocycles. The molecule has 0 amide bonds. The molecule has 1 saturated carbocycles. The van der Waals surface area contributed by atoms with Crippen LogP contribution in [0.3, 0.4) is 0 Å². The summed E-state index contributed by atoms with van der Waals surface area (Å²) >= 11 is 0. The normalized spacial score (nSPS) is 20.0. The van der Waals surface area contributed by atoms with Gasteiger partial charge in [-0.1, -0.05) is 0 Å². The van der Waals surface area contributed by atoms with E-state index >= 15 is 0 Å². The highest BCUT2D eigenvalue weighted by atomic mass is 32.2. The summed E-state index contributed by atoms with van der Waals surface area (Å²) in [5.74, 6) is 0.207. The second-order valence-corrected chi connectivity index (χ2v) is 4.42. The fourth-order valence-electron chi connectivity index (χ4n) is 0.884. The van der Waals surface area contributed by atoms with Crippen molar-refractivity contribution >= 4 is 10.2 Å². The number of nitrogens with zero attached hydrogens (tertiary/aromatic N) is 1. The van der Waals surface area contributed by atoms with Gasteiger partial charge in [-0.05, 0) is 18.8 Å². The number of hydrogen-bond donors (Lipinski definition) is 2. The van der Waals surface area contributed by atoms with Crippen molar-refractivity contribution in [2.45, 2.75) is 18.9 Å². The lowest BCUT2D eigenvalue weighted by Gasteiger charge is -2.08. The van der Waals surface area contributed by atoms with E-state index in [1.54, 1.807) is 0 Å². The third-order valence-corrected chi connectivity index (χ3v) is 2.89. The van der Waals surface area contributed by atoms with E-state index in [2.05, 4.69) is 9.44 Å². The average molecular weight is 189 g/mol. The molecular formula is C6H11N3O2S. The molecule has 2 N–H and O–H groups in total. The van der Waals surface area contributed by atoms with Crippen LogP contribution in [0.15, 0.2) is 0 Å². The van der Waals surface area contributed by atoms with Crippen LogP contribution in [-0.2, 0) is 10.2 Å². The zero-order valence-corrected chi connectivity index (χ0v) is 7.56. The molecule has 0 spiro atoms. The smallest absolute Gasteiger partial charge is 0.205 e. The monoisotopic (exact) mass is 189 g/mol. The van der Waals surface area contributed by atoms with Crippen molar-refractivity contribution in [3.63, 3.8) is 0 Å². The highest BCUT2D eigenvalue weighted by Crippen LogP contribution is 2.32. The summed E-state index contributed by atoms with van der Waals surface area (Å²) in [5, 5.41) is 8.59. The number of nitrogens with one attached hydrogen (secondary N) is 2. The van der Waals surface area contributed by atoms with Crippen LogP contribution >= 0.6 is 0 Å². The average Bonchev–Trinajstić information content (AvgIpc) is 2.83. The van der Waals surface area contributed by atoms with E-state index in [4.69, 9.17) is 5.26 Å². The standard InChI is InChI=1S/C6H11N3O2S/c1-8-12(10,11)9-6(4-7)5-2-3-5/h5-6,8-9H,2-3H2,1H3.